The number of carbonyl (C=O) groups is 2. The minimum absolute atomic E-state index is 0.0269. The Balaban J connectivity index is 2.08. The highest BCUT2D eigenvalue weighted by molar-refractivity contribution is 5.72. The fourth-order valence-corrected chi connectivity index (χ4v) is 1.88. The van der Waals surface area contributed by atoms with Gasteiger partial charge in [-0.2, -0.15) is 13.2 Å². The fraction of sp³-hybridized carbons (Fsp3) is 0.529. The molecule has 1 atom stereocenters. The van der Waals surface area contributed by atoms with Gasteiger partial charge in [0.25, 0.3) is 0 Å². The van der Waals surface area contributed by atoms with Crippen molar-refractivity contribution < 1.29 is 32.2 Å². The van der Waals surface area contributed by atoms with Crippen LogP contribution in [0.25, 0.3) is 0 Å². The first-order chi connectivity index (χ1) is 11.3. The number of benzene rings is 1. The van der Waals surface area contributed by atoms with Crippen molar-refractivity contribution in [2.75, 3.05) is 6.61 Å². The zero-order valence-corrected chi connectivity index (χ0v) is 13.5. The first-order valence-corrected chi connectivity index (χ1v) is 7.75. The Hall–Kier alpha value is -2.05. The minimum atomic E-state index is -4.58. The molecule has 0 N–H and O–H groups in total. The highest BCUT2D eigenvalue weighted by Crippen LogP contribution is 2.22. The Morgan fingerprint density at radius 2 is 1.67 bits per heavy atom. The van der Waals surface area contributed by atoms with E-state index in [0.717, 1.165) is 18.9 Å². The number of hydrogen-bond donors (Lipinski definition) is 0. The molecule has 1 aromatic rings. The molecule has 0 saturated heterocycles. The van der Waals surface area contributed by atoms with Crippen LogP contribution in [0.2, 0.25) is 0 Å². The van der Waals surface area contributed by atoms with E-state index in [4.69, 9.17) is 4.74 Å². The quantitative estimate of drug-likeness (QED) is 0.504. The van der Waals surface area contributed by atoms with E-state index in [-0.39, 0.29) is 25.9 Å². The maximum absolute atomic E-state index is 12.2. The van der Waals surface area contributed by atoms with Crippen molar-refractivity contribution in [1.29, 1.82) is 0 Å². The van der Waals surface area contributed by atoms with Gasteiger partial charge in [-0.3, -0.25) is 9.59 Å². The first-order valence-electron chi connectivity index (χ1n) is 7.75. The molecule has 0 aliphatic rings. The summed E-state index contributed by atoms with van der Waals surface area (Å²) < 4.78 is 45.9. The van der Waals surface area contributed by atoms with Crippen LogP contribution in [0, 0.1) is 0 Å². The van der Waals surface area contributed by atoms with E-state index < -0.39 is 24.2 Å². The second-order valence-electron chi connectivity index (χ2n) is 5.34. The Labute approximate surface area is 138 Å². The lowest BCUT2D eigenvalue weighted by atomic mass is 10.1. The number of carbonyl (C=O) groups excluding carboxylic acids is 2. The van der Waals surface area contributed by atoms with Gasteiger partial charge in [0, 0.05) is 12.8 Å². The average Bonchev–Trinajstić information content (AvgIpc) is 2.51. The van der Waals surface area contributed by atoms with Crippen molar-refractivity contribution >= 4 is 11.9 Å². The van der Waals surface area contributed by atoms with E-state index in [1.165, 1.54) is 0 Å². The summed E-state index contributed by atoms with van der Waals surface area (Å²) in [5, 5.41) is 0. The van der Waals surface area contributed by atoms with Gasteiger partial charge in [-0.1, -0.05) is 30.3 Å². The Morgan fingerprint density at radius 1 is 1.04 bits per heavy atom. The Morgan fingerprint density at radius 3 is 2.29 bits per heavy atom. The van der Waals surface area contributed by atoms with E-state index in [1.807, 2.05) is 30.3 Å². The summed E-state index contributed by atoms with van der Waals surface area (Å²) in [6, 6.07) is 9.74. The highest BCUT2D eigenvalue weighted by Gasteiger charge is 2.38. The fourth-order valence-electron chi connectivity index (χ4n) is 1.88. The summed E-state index contributed by atoms with van der Waals surface area (Å²) in [5.74, 6) is -1.45. The molecule has 0 heterocycles. The second-order valence-corrected chi connectivity index (χ2v) is 5.34. The van der Waals surface area contributed by atoms with Crippen LogP contribution in [0.1, 0.15) is 38.2 Å². The lowest BCUT2D eigenvalue weighted by Gasteiger charge is -2.16. The van der Waals surface area contributed by atoms with Crippen LogP contribution in [-0.4, -0.2) is 30.8 Å². The van der Waals surface area contributed by atoms with Gasteiger partial charge < -0.3 is 9.47 Å². The standard InChI is InChI=1S/C17H21F3O4/c1-13(17(18,19)20)24-16(22)11-5-10-15(21)23-12-6-9-14-7-3-2-4-8-14/h2-4,7-8,13H,5-6,9-12H2,1H3. The number of esters is 2. The molecular formula is C17H21F3O4. The maximum atomic E-state index is 12.2. The molecule has 0 fully saturated rings. The SMILES string of the molecule is CC(OC(=O)CCCC(=O)OCCCc1ccccc1)C(F)(F)F. The Bertz CT molecular complexity index is 514. The predicted octanol–water partition coefficient (Wildman–Crippen LogP) is 3.83. The molecule has 1 aromatic carbocycles. The van der Waals surface area contributed by atoms with Gasteiger partial charge in [-0.15, -0.1) is 0 Å². The zero-order chi connectivity index (χ0) is 18.0. The molecular weight excluding hydrogens is 325 g/mol. The van der Waals surface area contributed by atoms with Gasteiger partial charge >= 0.3 is 18.1 Å². The minimum Gasteiger partial charge on any atom is -0.466 e. The van der Waals surface area contributed by atoms with Crippen molar-refractivity contribution in [3.8, 4) is 0 Å². The Kier molecular flexibility index (Phi) is 8.29. The second kappa shape index (κ2) is 9.95. The highest BCUT2D eigenvalue weighted by atomic mass is 19.4. The molecule has 0 aromatic heterocycles. The summed E-state index contributed by atoms with van der Waals surface area (Å²) in [5.41, 5.74) is 1.15. The van der Waals surface area contributed by atoms with Gasteiger partial charge in [0.05, 0.1) is 6.61 Å². The van der Waals surface area contributed by atoms with E-state index in [1.54, 1.807) is 0 Å². The van der Waals surface area contributed by atoms with Gasteiger partial charge in [0.1, 0.15) is 0 Å². The number of alkyl halides is 3. The summed E-state index contributed by atoms with van der Waals surface area (Å²) in [6.45, 7) is 1.03. The topological polar surface area (TPSA) is 52.6 Å². The summed E-state index contributed by atoms with van der Waals surface area (Å²) >= 11 is 0. The molecule has 0 aliphatic heterocycles. The average molecular weight is 346 g/mol. The van der Waals surface area contributed by atoms with E-state index >= 15 is 0 Å². The van der Waals surface area contributed by atoms with Gasteiger partial charge in [-0.05, 0) is 31.7 Å². The largest absolute Gasteiger partial charge is 0.466 e. The predicted molar refractivity (Wildman–Crippen MR) is 81.2 cm³/mol. The number of rotatable bonds is 9. The van der Waals surface area contributed by atoms with Crippen LogP contribution in [0.4, 0.5) is 13.2 Å². The van der Waals surface area contributed by atoms with Gasteiger partial charge in [-0.25, -0.2) is 0 Å². The molecule has 0 saturated carbocycles. The number of aryl methyl sites for hydroxylation is 1. The van der Waals surface area contributed by atoms with Crippen LogP contribution >= 0.6 is 0 Å². The van der Waals surface area contributed by atoms with Crippen LogP contribution in [0.5, 0.6) is 0 Å². The van der Waals surface area contributed by atoms with Crippen molar-refractivity contribution in [2.24, 2.45) is 0 Å². The van der Waals surface area contributed by atoms with Crippen LogP contribution in [-0.2, 0) is 25.5 Å². The molecule has 1 rings (SSSR count). The van der Waals surface area contributed by atoms with E-state index in [9.17, 15) is 22.8 Å². The summed E-state index contributed by atoms with van der Waals surface area (Å²) in [7, 11) is 0. The van der Waals surface area contributed by atoms with Crippen LogP contribution in [0.15, 0.2) is 30.3 Å². The molecule has 0 radical (unpaired) electrons. The molecule has 0 spiro atoms. The number of halogens is 3. The lowest BCUT2D eigenvalue weighted by molar-refractivity contribution is -0.216. The molecule has 1 unspecified atom stereocenters. The molecule has 134 valence electrons. The van der Waals surface area contributed by atoms with Crippen molar-refractivity contribution in [1.82, 2.24) is 0 Å². The molecule has 7 heteroatoms. The first kappa shape index (κ1) is 20.0. The summed E-state index contributed by atoms with van der Waals surface area (Å²) in [4.78, 5) is 22.7. The molecule has 0 aliphatic carbocycles. The zero-order valence-electron chi connectivity index (χ0n) is 13.5. The molecule has 0 bridgehead atoms. The number of ether oxygens (including phenoxy) is 2. The summed E-state index contributed by atoms with van der Waals surface area (Å²) in [6.07, 6.45) is -5.43. The third-order valence-corrected chi connectivity index (χ3v) is 3.25. The maximum Gasteiger partial charge on any atom is 0.425 e. The normalized spacial score (nSPS) is 12.5. The van der Waals surface area contributed by atoms with E-state index in [2.05, 4.69) is 4.74 Å². The van der Waals surface area contributed by atoms with E-state index in [0.29, 0.717) is 6.42 Å². The van der Waals surface area contributed by atoms with Gasteiger partial charge in [0.15, 0.2) is 6.10 Å². The van der Waals surface area contributed by atoms with Crippen molar-refractivity contribution in [3.05, 3.63) is 35.9 Å². The molecule has 24 heavy (non-hydrogen) atoms. The third-order valence-electron chi connectivity index (χ3n) is 3.25. The monoisotopic (exact) mass is 346 g/mol. The molecule has 0 amide bonds. The van der Waals surface area contributed by atoms with Crippen molar-refractivity contribution in [2.45, 2.75) is 51.3 Å². The smallest absolute Gasteiger partial charge is 0.425 e. The third kappa shape index (κ3) is 8.55. The van der Waals surface area contributed by atoms with Crippen molar-refractivity contribution in [3.63, 3.8) is 0 Å². The number of hydrogen-bond acceptors (Lipinski definition) is 4. The lowest BCUT2D eigenvalue weighted by Crippen LogP contribution is -2.30. The van der Waals surface area contributed by atoms with Crippen LogP contribution < -0.4 is 0 Å². The molecule has 4 nitrogen and oxygen atoms in total. The van der Waals surface area contributed by atoms with Gasteiger partial charge in [0.2, 0.25) is 0 Å². The van der Waals surface area contributed by atoms with Crippen LogP contribution in [0.3, 0.4) is 0 Å².